The van der Waals surface area contributed by atoms with Crippen LogP contribution in [0.4, 0.5) is 0 Å². The molecule has 0 bridgehead atoms. The smallest absolute Gasteiger partial charge is 0.122 e. The number of rotatable bonds is 4. The van der Waals surface area contributed by atoms with E-state index in [1.807, 2.05) is 24.0 Å². The van der Waals surface area contributed by atoms with Crippen molar-refractivity contribution in [2.75, 3.05) is 26.8 Å². The Kier molecular flexibility index (Phi) is 3.28. The number of aryl methyl sites for hydroxylation is 1. The Balaban J connectivity index is 2.07. The van der Waals surface area contributed by atoms with Crippen LogP contribution in [0, 0.1) is 0 Å². The van der Waals surface area contributed by atoms with Gasteiger partial charge in [-0.2, -0.15) is 0 Å². The van der Waals surface area contributed by atoms with Crippen LogP contribution in [0.2, 0.25) is 0 Å². The van der Waals surface area contributed by atoms with Crippen molar-refractivity contribution in [3.8, 4) is 0 Å². The Hall–Kier alpha value is -0.910. The van der Waals surface area contributed by atoms with Crippen LogP contribution in [-0.4, -0.2) is 46.8 Å². The van der Waals surface area contributed by atoms with Gasteiger partial charge in [0.15, 0.2) is 0 Å². The number of ether oxygens (including phenoxy) is 1. The Labute approximate surface area is 96.2 Å². The van der Waals surface area contributed by atoms with Gasteiger partial charge in [-0.15, -0.1) is 0 Å². The molecule has 2 heterocycles. The fraction of sp³-hybridized carbons (Fsp3) is 0.727. The fourth-order valence-corrected chi connectivity index (χ4v) is 2.14. The third-order valence-corrected chi connectivity index (χ3v) is 3.57. The first kappa shape index (κ1) is 11.6. The molecule has 2 N–H and O–H groups in total. The lowest BCUT2D eigenvalue weighted by Gasteiger charge is -2.36. The second-order valence-electron chi connectivity index (χ2n) is 4.54. The fourth-order valence-electron chi connectivity index (χ4n) is 2.14. The summed E-state index contributed by atoms with van der Waals surface area (Å²) in [6.07, 6.45) is 4.79. The summed E-state index contributed by atoms with van der Waals surface area (Å²) in [5.41, 5.74) is 5.88. The zero-order valence-corrected chi connectivity index (χ0v) is 10.0. The van der Waals surface area contributed by atoms with E-state index in [2.05, 4.69) is 16.9 Å². The molecule has 5 nitrogen and oxygen atoms in total. The molecule has 0 aromatic carbocycles. The monoisotopic (exact) mass is 224 g/mol. The summed E-state index contributed by atoms with van der Waals surface area (Å²) < 4.78 is 7.51. The van der Waals surface area contributed by atoms with Crippen molar-refractivity contribution < 1.29 is 4.74 Å². The summed E-state index contributed by atoms with van der Waals surface area (Å²) in [6.45, 7) is 2.98. The molecule has 0 saturated carbocycles. The van der Waals surface area contributed by atoms with Gasteiger partial charge in [0, 0.05) is 32.6 Å². The van der Waals surface area contributed by atoms with E-state index in [1.54, 1.807) is 0 Å². The molecule has 0 radical (unpaired) electrons. The van der Waals surface area contributed by atoms with Crippen LogP contribution < -0.4 is 5.73 Å². The molecule has 16 heavy (non-hydrogen) atoms. The van der Waals surface area contributed by atoms with Crippen molar-refractivity contribution in [1.29, 1.82) is 0 Å². The topological polar surface area (TPSA) is 56.3 Å². The molecule has 90 valence electrons. The van der Waals surface area contributed by atoms with Gasteiger partial charge in [0.05, 0.1) is 18.7 Å². The van der Waals surface area contributed by atoms with Crippen molar-refractivity contribution in [1.82, 2.24) is 14.5 Å². The highest BCUT2D eigenvalue weighted by Crippen LogP contribution is 2.25. The number of nitrogens with zero attached hydrogens (tertiary/aromatic N) is 3. The zero-order chi connectivity index (χ0) is 11.6. The molecule has 1 saturated heterocycles. The summed E-state index contributed by atoms with van der Waals surface area (Å²) in [6, 6.07) is 0. The number of likely N-dealkylation sites (N-methyl/N-ethyl adjacent to an activating group) is 1. The first-order valence-corrected chi connectivity index (χ1v) is 5.63. The van der Waals surface area contributed by atoms with Crippen LogP contribution in [0.25, 0.3) is 0 Å². The molecule has 1 aromatic heterocycles. The van der Waals surface area contributed by atoms with Crippen LogP contribution in [0.5, 0.6) is 0 Å². The van der Waals surface area contributed by atoms with E-state index in [-0.39, 0.29) is 5.54 Å². The van der Waals surface area contributed by atoms with E-state index in [0.717, 1.165) is 32.0 Å². The predicted molar refractivity (Wildman–Crippen MR) is 61.9 cm³/mol. The molecule has 1 aromatic rings. The molecular formula is C11H20N4O. The zero-order valence-electron chi connectivity index (χ0n) is 10.0. The molecule has 0 amide bonds. The summed E-state index contributed by atoms with van der Waals surface area (Å²) in [4.78, 5) is 6.60. The maximum atomic E-state index is 5.89. The first-order chi connectivity index (χ1) is 7.68. The summed E-state index contributed by atoms with van der Waals surface area (Å²) in [5.74, 6) is 1.06. The molecule has 2 rings (SSSR count). The number of hydrogen-bond acceptors (Lipinski definition) is 4. The Bertz CT molecular complexity index is 344. The van der Waals surface area contributed by atoms with Crippen LogP contribution in [0.3, 0.4) is 0 Å². The molecule has 1 aliphatic heterocycles. The summed E-state index contributed by atoms with van der Waals surface area (Å²) >= 11 is 0. The third-order valence-electron chi connectivity index (χ3n) is 3.57. The molecule has 5 heteroatoms. The van der Waals surface area contributed by atoms with Crippen molar-refractivity contribution in [3.63, 3.8) is 0 Å². The van der Waals surface area contributed by atoms with E-state index in [4.69, 9.17) is 10.5 Å². The first-order valence-electron chi connectivity index (χ1n) is 5.63. The molecule has 1 fully saturated rings. The van der Waals surface area contributed by atoms with Gasteiger partial charge in [-0.25, -0.2) is 4.98 Å². The number of nitrogens with two attached hydrogens (primary N) is 1. The predicted octanol–water partition coefficient (Wildman–Crippen LogP) is -0.0303. The summed E-state index contributed by atoms with van der Waals surface area (Å²) in [7, 11) is 4.10. The minimum Gasteiger partial charge on any atom is -0.379 e. The standard InChI is InChI=1S/C11H20N4O/c1-14-5-4-13-10(14)7-15(2)11(8-12)3-6-16-9-11/h4-5H,3,6-9,12H2,1-2H3. The molecular weight excluding hydrogens is 204 g/mol. The SMILES string of the molecule is CN(Cc1nccn1C)C1(CN)CCOC1. The Morgan fingerprint density at radius 1 is 1.69 bits per heavy atom. The van der Waals surface area contributed by atoms with Gasteiger partial charge < -0.3 is 15.0 Å². The third kappa shape index (κ3) is 1.98. The minimum atomic E-state index is -0.00799. The van der Waals surface area contributed by atoms with Gasteiger partial charge in [-0.1, -0.05) is 0 Å². The van der Waals surface area contributed by atoms with E-state index in [1.165, 1.54) is 0 Å². The van der Waals surface area contributed by atoms with Crippen molar-refractivity contribution >= 4 is 0 Å². The molecule has 1 aliphatic rings. The highest BCUT2D eigenvalue weighted by molar-refractivity contribution is 4.98. The normalized spacial score (nSPS) is 25.5. The lowest BCUT2D eigenvalue weighted by Crippen LogP contribution is -2.52. The van der Waals surface area contributed by atoms with Gasteiger partial charge in [0.1, 0.15) is 5.82 Å². The van der Waals surface area contributed by atoms with Gasteiger partial charge >= 0.3 is 0 Å². The van der Waals surface area contributed by atoms with Gasteiger partial charge in [0.2, 0.25) is 0 Å². The Morgan fingerprint density at radius 3 is 3.00 bits per heavy atom. The lowest BCUT2D eigenvalue weighted by atomic mass is 9.97. The number of aromatic nitrogens is 2. The second-order valence-corrected chi connectivity index (χ2v) is 4.54. The lowest BCUT2D eigenvalue weighted by molar-refractivity contribution is 0.0856. The quantitative estimate of drug-likeness (QED) is 0.780. The highest BCUT2D eigenvalue weighted by Gasteiger charge is 2.37. The van der Waals surface area contributed by atoms with Gasteiger partial charge in [0.25, 0.3) is 0 Å². The maximum absolute atomic E-state index is 5.89. The maximum Gasteiger partial charge on any atom is 0.122 e. The van der Waals surface area contributed by atoms with Crippen molar-refractivity contribution in [3.05, 3.63) is 18.2 Å². The van der Waals surface area contributed by atoms with Gasteiger partial charge in [-0.05, 0) is 13.5 Å². The van der Waals surface area contributed by atoms with Crippen molar-refractivity contribution in [2.45, 2.75) is 18.5 Å². The van der Waals surface area contributed by atoms with E-state index in [0.29, 0.717) is 6.54 Å². The average Bonchev–Trinajstić information content (AvgIpc) is 2.89. The summed E-state index contributed by atoms with van der Waals surface area (Å²) in [5, 5.41) is 0. The molecule has 1 atom stereocenters. The minimum absolute atomic E-state index is 0.00799. The average molecular weight is 224 g/mol. The Morgan fingerprint density at radius 2 is 2.50 bits per heavy atom. The second kappa shape index (κ2) is 4.53. The number of hydrogen-bond donors (Lipinski definition) is 1. The van der Waals surface area contributed by atoms with Crippen LogP contribution in [0.15, 0.2) is 12.4 Å². The van der Waals surface area contributed by atoms with Crippen LogP contribution in [-0.2, 0) is 18.3 Å². The molecule has 0 aliphatic carbocycles. The highest BCUT2D eigenvalue weighted by atomic mass is 16.5. The number of imidazole rings is 1. The van der Waals surface area contributed by atoms with E-state index >= 15 is 0 Å². The largest absolute Gasteiger partial charge is 0.379 e. The van der Waals surface area contributed by atoms with Crippen molar-refractivity contribution in [2.24, 2.45) is 12.8 Å². The van der Waals surface area contributed by atoms with Gasteiger partial charge in [-0.3, -0.25) is 4.90 Å². The van der Waals surface area contributed by atoms with Crippen LogP contribution >= 0.6 is 0 Å². The van der Waals surface area contributed by atoms with E-state index in [9.17, 15) is 0 Å². The van der Waals surface area contributed by atoms with Crippen LogP contribution in [0.1, 0.15) is 12.2 Å². The molecule has 1 unspecified atom stereocenters. The van der Waals surface area contributed by atoms with E-state index < -0.39 is 0 Å². The molecule has 0 spiro atoms.